The highest BCUT2D eigenvalue weighted by Gasteiger charge is 2.49. The van der Waals surface area contributed by atoms with E-state index in [1.54, 1.807) is 0 Å². The van der Waals surface area contributed by atoms with Crippen LogP contribution in [0.2, 0.25) is 0 Å². The summed E-state index contributed by atoms with van der Waals surface area (Å²) in [5.41, 5.74) is 21.9. The van der Waals surface area contributed by atoms with Gasteiger partial charge >= 0.3 is 0 Å². The number of nitrogens with zero attached hydrogens (tertiary/aromatic N) is 1. The lowest BCUT2D eigenvalue weighted by atomic mass is 9.67. The molecule has 0 amide bonds. The van der Waals surface area contributed by atoms with Crippen molar-refractivity contribution in [3.8, 4) is 44.5 Å². The van der Waals surface area contributed by atoms with Crippen molar-refractivity contribution in [2.45, 2.75) is 10.8 Å². The second-order valence-electron chi connectivity index (χ2n) is 18.3. The molecule has 0 saturated heterocycles. The number of hydrogen-bond donors (Lipinski definition) is 0. The fourth-order valence-corrected chi connectivity index (χ4v) is 12.0. The number of fused-ring (bicyclic) bond motifs is 6. The first-order valence-corrected chi connectivity index (χ1v) is 24.0. The van der Waals surface area contributed by atoms with E-state index in [0.29, 0.717) is 0 Å². The molecule has 13 rings (SSSR count). The fraction of sp³-hybridized carbons (Fsp3) is 0.0294. The summed E-state index contributed by atoms with van der Waals surface area (Å²) in [6.07, 6.45) is 0. The topological polar surface area (TPSA) is 3.24 Å². The molecule has 0 N–H and O–H groups in total. The van der Waals surface area contributed by atoms with E-state index in [-0.39, 0.29) is 0 Å². The molecular formula is C68H47N. The molecule has 2 aliphatic carbocycles. The molecule has 0 unspecified atom stereocenters. The first-order valence-electron chi connectivity index (χ1n) is 24.0. The summed E-state index contributed by atoms with van der Waals surface area (Å²) >= 11 is 0. The van der Waals surface area contributed by atoms with Crippen molar-refractivity contribution >= 4 is 17.1 Å². The van der Waals surface area contributed by atoms with Crippen LogP contribution in [-0.4, -0.2) is 0 Å². The Kier molecular flexibility index (Phi) is 9.70. The lowest BCUT2D eigenvalue weighted by Crippen LogP contribution is -2.29. The molecule has 0 bridgehead atoms. The summed E-state index contributed by atoms with van der Waals surface area (Å²) in [6.45, 7) is 0. The Balaban J connectivity index is 1.15. The molecule has 0 heterocycles. The standard InChI is InChI=1S/C68H47N/c1-7-24-48(25-8-1)50-44-51(49-26-9-2-10-27-49)46-57(45-50)69(56-42-43-59-58-36-19-21-38-61(58)68(64(59)47-56,54-32-15-5-16-33-54)55-34-17-6-18-35-55)65-41-23-40-63-66(65)60-37-20-22-39-62(60)67(63,52-28-11-3-12-29-52)53-30-13-4-14-31-53/h1-47H. The quantitative estimate of drug-likeness (QED) is 0.140. The van der Waals surface area contributed by atoms with Crippen molar-refractivity contribution in [1.82, 2.24) is 0 Å². The summed E-state index contributed by atoms with van der Waals surface area (Å²) in [7, 11) is 0. The average Bonchev–Trinajstić information content (AvgIpc) is 3.91. The Bertz CT molecular complexity index is 3500. The fourth-order valence-electron chi connectivity index (χ4n) is 12.0. The summed E-state index contributed by atoms with van der Waals surface area (Å²) in [5, 5.41) is 0. The lowest BCUT2D eigenvalue weighted by molar-refractivity contribution is 0.768. The second kappa shape index (κ2) is 16.5. The Morgan fingerprint density at radius 2 is 0.623 bits per heavy atom. The van der Waals surface area contributed by atoms with Crippen LogP contribution in [0.3, 0.4) is 0 Å². The first-order chi connectivity index (χ1) is 34.2. The van der Waals surface area contributed by atoms with Crippen LogP contribution < -0.4 is 4.90 Å². The third-order valence-corrected chi connectivity index (χ3v) is 14.8. The maximum absolute atomic E-state index is 2.56. The summed E-state index contributed by atoms with van der Waals surface area (Å²) in [5.74, 6) is 0. The average molecular weight is 878 g/mol. The van der Waals surface area contributed by atoms with Gasteiger partial charge in [-0.1, -0.05) is 249 Å². The zero-order chi connectivity index (χ0) is 45.8. The minimum atomic E-state index is -0.571. The normalized spacial score (nSPS) is 13.4. The van der Waals surface area contributed by atoms with Gasteiger partial charge in [-0.05, 0) is 120 Å². The van der Waals surface area contributed by atoms with Crippen LogP contribution in [-0.2, 0) is 10.8 Å². The Hall–Kier alpha value is -8.78. The van der Waals surface area contributed by atoms with Gasteiger partial charge in [0.25, 0.3) is 0 Å². The van der Waals surface area contributed by atoms with Crippen molar-refractivity contribution in [1.29, 1.82) is 0 Å². The van der Waals surface area contributed by atoms with Gasteiger partial charge in [0.1, 0.15) is 0 Å². The smallest absolute Gasteiger partial charge is 0.0714 e. The van der Waals surface area contributed by atoms with Crippen molar-refractivity contribution in [3.63, 3.8) is 0 Å². The van der Waals surface area contributed by atoms with Crippen LogP contribution in [0.15, 0.2) is 285 Å². The van der Waals surface area contributed by atoms with Crippen LogP contribution in [0.1, 0.15) is 44.5 Å². The van der Waals surface area contributed by atoms with Crippen LogP contribution in [0.5, 0.6) is 0 Å². The van der Waals surface area contributed by atoms with Gasteiger partial charge in [0, 0.05) is 16.9 Å². The number of benzene rings is 11. The highest BCUT2D eigenvalue weighted by molar-refractivity contribution is 5.99. The van der Waals surface area contributed by atoms with Gasteiger partial charge in [-0.15, -0.1) is 0 Å². The highest BCUT2D eigenvalue weighted by Crippen LogP contribution is 2.61. The molecule has 1 nitrogen and oxygen atoms in total. The molecule has 2 aliphatic rings. The van der Waals surface area contributed by atoms with Crippen molar-refractivity contribution < 1.29 is 0 Å². The summed E-state index contributed by atoms with van der Waals surface area (Å²) in [4.78, 5) is 2.56. The zero-order valence-corrected chi connectivity index (χ0v) is 38.1. The van der Waals surface area contributed by atoms with Crippen LogP contribution in [0.25, 0.3) is 44.5 Å². The van der Waals surface area contributed by atoms with E-state index in [0.717, 1.165) is 28.2 Å². The first kappa shape index (κ1) is 40.5. The molecular weight excluding hydrogens is 831 g/mol. The molecule has 11 aromatic rings. The number of hydrogen-bond acceptors (Lipinski definition) is 1. The number of anilines is 3. The predicted octanol–water partition coefficient (Wildman–Crippen LogP) is 17.2. The monoisotopic (exact) mass is 877 g/mol. The molecule has 324 valence electrons. The third-order valence-electron chi connectivity index (χ3n) is 14.8. The lowest BCUT2D eigenvalue weighted by Gasteiger charge is -2.36. The highest BCUT2D eigenvalue weighted by atomic mass is 15.1. The zero-order valence-electron chi connectivity index (χ0n) is 38.1. The van der Waals surface area contributed by atoms with E-state index in [4.69, 9.17) is 0 Å². The van der Waals surface area contributed by atoms with Gasteiger partial charge in [-0.25, -0.2) is 0 Å². The van der Waals surface area contributed by atoms with E-state index in [9.17, 15) is 0 Å². The molecule has 0 radical (unpaired) electrons. The second-order valence-corrected chi connectivity index (χ2v) is 18.3. The molecule has 0 atom stereocenters. The summed E-state index contributed by atoms with van der Waals surface area (Å²) < 4.78 is 0. The molecule has 1 heteroatoms. The minimum absolute atomic E-state index is 0.563. The van der Waals surface area contributed by atoms with E-state index >= 15 is 0 Å². The molecule has 0 spiro atoms. The van der Waals surface area contributed by atoms with Crippen molar-refractivity contribution in [2.24, 2.45) is 0 Å². The third kappa shape index (κ3) is 6.24. The largest absolute Gasteiger partial charge is 0.310 e. The molecule has 11 aromatic carbocycles. The predicted molar refractivity (Wildman–Crippen MR) is 287 cm³/mol. The number of rotatable bonds is 9. The van der Waals surface area contributed by atoms with E-state index in [1.165, 1.54) is 77.9 Å². The van der Waals surface area contributed by atoms with Gasteiger partial charge in [0.05, 0.1) is 16.5 Å². The maximum Gasteiger partial charge on any atom is 0.0714 e. The summed E-state index contributed by atoms with van der Waals surface area (Å²) in [6, 6.07) is 106. The van der Waals surface area contributed by atoms with E-state index in [1.807, 2.05) is 0 Å². The van der Waals surface area contributed by atoms with E-state index in [2.05, 4.69) is 290 Å². The SMILES string of the molecule is c1ccc(-c2cc(-c3ccccc3)cc(N(c3ccc4c(c3)C(c3ccccc3)(c3ccccc3)c3ccccc3-4)c3cccc4c3-c3ccccc3C4(c3ccccc3)c3ccccc3)c2)cc1. The van der Waals surface area contributed by atoms with Gasteiger partial charge in [-0.2, -0.15) is 0 Å². The van der Waals surface area contributed by atoms with Crippen LogP contribution in [0.4, 0.5) is 17.1 Å². The molecule has 69 heavy (non-hydrogen) atoms. The Labute approximate surface area is 404 Å². The minimum Gasteiger partial charge on any atom is -0.310 e. The maximum atomic E-state index is 2.56. The van der Waals surface area contributed by atoms with Crippen LogP contribution in [0, 0.1) is 0 Å². The van der Waals surface area contributed by atoms with Gasteiger partial charge in [-0.3, -0.25) is 0 Å². The Morgan fingerprint density at radius 1 is 0.232 bits per heavy atom. The molecule has 0 fully saturated rings. The van der Waals surface area contributed by atoms with Gasteiger partial charge in [0.2, 0.25) is 0 Å². The van der Waals surface area contributed by atoms with Crippen molar-refractivity contribution in [2.75, 3.05) is 4.90 Å². The Morgan fingerprint density at radius 3 is 1.13 bits per heavy atom. The molecule has 0 saturated carbocycles. The van der Waals surface area contributed by atoms with E-state index < -0.39 is 10.8 Å². The molecule has 0 aromatic heterocycles. The molecule has 0 aliphatic heterocycles. The van der Waals surface area contributed by atoms with Gasteiger partial charge in [0.15, 0.2) is 0 Å². The van der Waals surface area contributed by atoms with Gasteiger partial charge < -0.3 is 4.90 Å². The van der Waals surface area contributed by atoms with Crippen molar-refractivity contribution in [3.05, 3.63) is 330 Å². The van der Waals surface area contributed by atoms with Crippen LogP contribution >= 0.6 is 0 Å².